The quantitative estimate of drug-likeness (QED) is 0.426. The molecule has 176 valence electrons. The van der Waals surface area contributed by atoms with E-state index in [0.29, 0.717) is 32.3 Å². The second-order valence-electron chi connectivity index (χ2n) is 9.13. The van der Waals surface area contributed by atoms with Gasteiger partial charge < -0.3 is 14.4 Å². The van der Waals surface area contributed by atoms with E-state index in [2.05, 4.69) is 21.7 Å². The predicted molar refractivity (Wildman–Crippen MR) is 129 cm³/mol. The first-order valence-electron chi connectivity index (χ1n) is 12.1. The molecule has 1 saturated carbocycles. The summed E-state index contributed by atoms with van der Waals surface area (Å²) >= 11 is 0. The fraction of sp³-hybridized carbons (Fsp3) is 0.429. The maximum atomic E-state index is 13.6. The zero-order valence-electron chi connectivity index (χ0n) is 19.3. The van der Waals surface area contributed by atoms with Crippen LogP contribution in [0.3, 0.4) is 0 Å². The van der Waals surface area contributed by atoms with Crippen LogP contribution in [0.25, 0.3) is 0 Å². The number of aliphatic hydroxyl groups excluding tert-OH is 1. The van der Waals surface area contributed by atoms with Gasteiger partial charge in [0.05, 0.1) is 19.3 Å². The summed E-state index contributed by atoms with van der Waals surface area (Å²) in [6.45, 7) is 2.83. The fourth-order valence-corrected chi connectivity index (χ4v) is 4.79. The highest BCUT2D eigenvalue weighted by Gasteiger charge is 2.24. The number of rotatable bonds is 11. The monoisotopic (exact) mass is 450 g/mol. The van der Waals surface area contributed by atoms with Crippen molar-refractivity contribution in [3.05, 3.63) is 95.6 Å². The van der Waals surface area contributed by atoms with Crippen LogP contribution in [0.15, 0.2) is 72.9 Å². The maximum Gasteiger partial charge on any atom is 0.123 e. The molecule has 1 unspecified atom stereocenters. The molecule has 0 radical (unpaired) electrons. The molecule has 4 rings (SSSR count). The van der Waals surface area contributed by atoms with E-state index in [1.54, 1.807) is 12.1 Å². The molecule has 0 spiro atoms. The maximum absolute atomic E-state index is 13.6. The van der Waals surface area contributed by atoms with E-state index in [0.717, 1.165) is 17.7 Å². The van der Waals surface area contributed by atoms with Crippen LogP contribution in [-0.4, -0.2) is 39.9 Å². The Kier molecular flexibility index (Phi) is 8.70. The second-order valence-corrected chi connectivity index (χ2v) is 9.13. The summed E-state index contributed by atoms with van der Waals surface area (Å²) in [7, 11) is 0. The van der Waals surface area contributed by atoms with Crippen molar-refractivity contribution in [3.8, 4) is 0 Å². The van der Waals surface area contributed by atoms with Gasteiger partial charge >= 0.3 is 0 Å². The molecule has 1 N–H and O–H groups in total. The van der Waals surface area contributed by atoms with Crippen molar-refractivity contribution in [1.29, 1.82) is 0 Å². The summed E-state index contributed by atoms with van der Waals surface area (Å²) in [5, 5.41) is 10.8. The lowest BCUT2D eigenvalue weighted by Crippen LogP contribution is -2.42. The molecule has 1 aliphatic carbocycles. The third-order valence-corrected chi connectivity index (χ3v) is 6.49. The lowest BCUT2D eigenvalue weighted by Gasteiger charge is -2.35. The van der Waals surface area contributed by atoms with Crippen molar-refractivity contribution in [2.45, 2.75) is 63.9 Å². The van der Waals surface area contributed by atoms with E-state index >= 15 is 0 Å². The molecule has 1 atom stereocenters. The highest BCUT2D eigenvalue weighted by Crippen LogP contribution is 2.25. The number of hydrogen-bond donors (Lipinski definition) is 1. The van der Waals surface area contributed by atoms with Crippen LogP contribution in [-0.2, 0) is 24.4 Å². The highest BCUT2D eigenvalue weighted by molar-refractivity contribution is 5.19. The lowest BCUT2D eigenvalue weighted by atomic mass is 9.94. The summed E-state index contributed by atoms with van der Waals surface area (Å²) in [5.74, 6) is -0.205. The lowest BCUT2D eigenvalue weighted by molar-refractivity contribution is -0.00384. The number of aliphatic hydroxyl groups is 1. The molecule has 4 nitrogen and oxygen atoms in total. The summed E-state index contributed by atoms with van der Waals surface area (Å²) in [6.07, 6.45) is 7.63. The average Bonchev–Trinajstić information content (AvgIpc) is 3.26. The minimum atomic E-state index is -0.540. The van der Waals surface area contributed by atoms with Gasteiger partial charge in [0.25, 0.3) is 0 Å². The van der Waals surface area contributed by atoms with Gasteiger partial charge in [0, 0.05) is 37.6 Å². The van der Waals surface area contributed by atoms with Crippen LogP contribution in [0.4, 0.5) is 4.39 Å². The van der Waals surface area contributed by atoms with Crippen LogP contribution >= 0.6 is 0 Å². The van der Waals surface area contributed by atoms with E-state index in [9.17, 15) is 9.50 Å². The normalized spacial score (nSPS) is 15.7. The number of hydrogen-bond acceptors (Lipinski definition) is 3. The number of halogens is 1. The second kappa shape index (κ2) is 12.1. The molecule has 1 heterocycles. The molecule has 0 aliphatic heterocycles. The number of benzene rings is 2. The zero-order chi connectivity index (χ0) is 22.9. The Morgan fingerprint density at radius 1 is 0.970 bits per heavy atom. The summed E-state index contributed by atoms with van der Waals surface area (Å²) in [5.41, 5.74) is 3.25. The molecule has 0 saturated heterocycles. The first kappa shape index (κ1) is 23.7. The molecule has 0 bridgehead atoms. The minimum Gasteiger partial charge on any atom is -0.389 e. The van der Waals surface area contributed by atoms with Crippen molar-refractivity contribution >= 4 is 0 Å². The summed E-state index contributed by atoms with van der Waals surface area (Å²) in [4.78, 5) is 2.42. The van der Waals surface area contributed by atoms with Crippen LogP contribution in [0.5, 0.6) is 0 Å². The first-order chi connectivity index (χ1) is 16.2. The van der Waals surface area contributed by atoms with Gasteiger partial charge in [0.1, 0.15) is 5.82 Å². The topological polar surface area (TPSA) is 37.6 Å². The van der Waals surface area contributed by atoms with Crippen LogP contribution in [0.2, 0.25) is 0 Å². The van der Waals surface area contributed by atoms with Crippen molar-refractivity contribution in [3.63, 3.8) is 0 Å². The highest BCUT2D eigenvalue weighted by atomic mass is 19.1. The van der Waals surface area contributed by atoms with Crippen molar-refractivity contribution in [2.24, 2.45) is 0 Å². The van der Waals surface area contributed by atoms with Gasteiger partial charge in [-0.05, 0) is 48.2 Å². The minimum absolute atomic E-state index is 0.205. The Balaban J connectivity index is 1.38. The van der Waals surface area contributed by atoms with Crippen LogP contribution in [0, 0.1) is 5.82 Å². The molecule has 3 aromatic rings. The molecular weight excluding hydrogens is 415 g/mol. The van der Waals surface area contributed by atoms with Gasteiger partial charge in [0.2, 0.25) is 0 Å². The Morgan fingerprint density at radius 2 is 1.76 bits per heavy atom. The number of nitrogens with zero attached hydrogens (tertiary/aromatic N) is 2. The van der Waals surface area contributed by atoms with Crippen LogP contribution < -0.4 is 0 Å². The molecule has 0 amide bonds. The third kappa shape index (κ3) is 7.26. The van der Waals surface area contributed by atoms with Crippen LogP contribution in [0.1, 0.15) is 48.9 Å². The molecule has 2 aromatic carbocycles. The van der Waals surface area contributed by atoms with E-state index in [4.69, 9.17) is 4.74 Å². The van der Waals surface area contributed by atoms with E-state index < -0.39 is 6.10 Å². The standard InChI is InChI=1S/C28H35FN2O2/c29-25-12-7-11-24(17-25)18-30-16-8-15-27(30)19-31(26-13-5-2-6-14-26)20-28(32)22-33-21-23-9-3-1-4-10-23/h1,3-4,7-12,15-17,26,28,32H,2,5-6,13-14,18-22H2. The van der Waals surface area contributed by atoms with Gasteiger partial charge in [0.15, 0.2) is 0 Å². The molecule has 1 aliphatic rings. The van der Waals surface area contributed by atoms with Crippen molar-refractivity contribution in [2.75, 3.05) is 13.2 Å². The Bertz CT molecular complexity index is 969. The van der Waals surface area contributed by atoms with Gasteiger partial charge in [-0.3, -0.25) is 4.90 Å². The first-order valence-corrected chi connectivity index (χ1v) is 12.1. The molecule has 1 fully saturated rings. The third-order valence-electron chi connectivity index (χ3n) is 6.49. The van der Waals surface area contributed by atoms with E-state index in [1.165, 1.54) is 43.9 Å². The van der Waals surface area contributed by atoms with Gasteiger partial charge in [-0.2, -0.15) is 0 Å². The SMILES string of the molecule is OC(COCc1ccccc1)CN(Cc1cccn1Cc1cccc(F)c1)C1CCCCC1. The molecular formula is C28H35FN2O2. The van der Waals surface area contributed by atoms with E-state index in [-0.39, 0.29) is 5.82 Å². The fourth-order valence-electron chi connectivity index (χ4n) is 4.79. The molecule has 5 heteroatoms. The Morgan fingerprint density at radius 3 is 2.55 bits per heavy atom. The smallest absolute Gasteiger partial charge is 0.123 e. The average molecular weight is 451 g/mol. The predicted octanol–water partition coefficient (Wildman–Crippen LogP) is 5.39. The zero-order valence-corrected chi connectivity index (χ0v) is 19.3. The number of ether oxygens (including phenoxy) is 1. The molecule has 33 heavy (non-hydrogen) atoms. The summed E-state index contributed by atoms with van der Waals surface area (Å²) < 4.78 is 21.6. The molecule has 1 aromatic heterocycles. The van der Waals surface area contributed by atoms with Gasteiger partial charge in [-0.15, -0.1) is 0 Å². The Hall–Kier alpha value is -2.47. The van der Waals surface area contributed by atoms with Crippen molar-refractivity contribution < 1.29 is 14.2 Å². The summed E-state index contributed by atoms with van der Waals surface area (Å²) in [6, 6.07) is 21.5. The Labute approximate surface area is 196 Å². The van der Waals surface area contributed by atoms with Crippen molar-refractivity contribution in [1.82, 2.24) is 9.47 Å². The van der Waals surface area contributed by atoms with Gasteiger partial charge in [-0.1, -0.05) is 61.7 Å². The largest absolute Gasteiger partial charge is 0.389 e. The number of aromatic nitrogens is 1. The van der Waals surface area contributed by atoms with E-state index in [1.807, 2.05) is 42.5 Å². The van der Waals surface area contributed by atoms with Gasteiger partial charge in [-0.25, -0.2) is 4.39 Å².